The van der Waals surface area contributed by atoms with Crippen molar-refractivity contribution in [3.05, 3.63) is 42.0 Å². The zero-order valence-corrected chi connectivity index (χ0v) is 16.3. The number of carbonyl (C=O) groups is 1. The number of aryl methyl sites for hydroxylation is 2. The molecule has 1 aliphatic rings. The third-order valence-corrected chi connectivity index (χ3v) is 5.00. The molecule has 3 heterocycles. The molecule has 1 fully saturated rings. The number of hydrogen-bond acceptors (Lipinski definition) is 6. The predicted octanol–water partition coefficient (Wildman–Crippen LogP) is 1.28. The van der Waals surface area contributed by atoms with Gasteiger partial charge in [-0.2, -0.15) is 0 Å². The molecule has 1 amide bonds. The third-order valence-electron chi connectivity index (χ3n) is 5.00. The molecule has 2 aromatic heterocycles. The van der Waals surface area contributed by atoms with Crippen LogP contribution in [0.1, 0.15) is 43.9 Å². The molecule has 0 aliphatic carbocycles. The quantitative estimate of drug-likeness (QED) is 0.672. The van der Waals surface area contributed by atoms with Gasteiger partial charge < -0.3 is 15.2 Å². The standard InChI is InChI=1S/C20H29N5O3/c1-2-4-16-13-25(24-23-16)10-8-17-6-7-18(19(14-26)28-17)22-20(27)11-15-5-3-9-21-12-15/h3,5,9,12-13,17-19,26H,2,4,6-8,10-11,14H2,1H3,(H,22,27)/t17-,18+,19-/m0/s1. The minimum atomic E-state index is -0.386. The second-order valence-corrected chi connectivity index (χ2v) is 7.28. The summed E-state index contributed by atoms with van der Waals surface area (Å²) >= 11 is 0. The number of hydrogen-bond donors (Lipinski definition) is 2. The van der Waals surface area contributed by atoms with E-state index in [-0.39, 0.29) is 37.2 Å². The van der Waals surface area contributed by atoms with Crippen molar-refractivity contribution >= 4 is 5.91 Å². The molecule has 8 heteroatoms. The van der Waals surface area contributed by atoms with E-state index in [1.807, 2.05) is 23.0 Å². The molecule has 1 saturated heterocycles. The molecule has 0 bridgehead atoms. The monoisotopic (exact) mass is 387 g/mol. The van der Waals surface area contributed by atoms with Gasteiger partial charge in [-0.15, -0.1) is 5.10 Å². The molecule has 28 heavy (non-hydrogen) atoms. The highest BCUT2D eigenvalue weighted by Gasteiger charge is 2.31. The summed E-state index contributed by atoms with van der Waals surface area (Å²) in [7, 11) is 0. The van der Waals surface area contributed by atoms with Gasteiger partial charge in [0.05, 0.1) is 30.9 Å². The Balaban J connectivity index is 1.45. The Bertz CT molecular complexity index is 736. The van der Waals surface area contributed by atoms with Gasteiger partial charge in [0.2, 0.25) is 5.91 Å². The van der Waals surface area contributed by atoms with E-state index in [4.69, 9.17) is 4.74 Å². The van der Waals surface area contributed by atoms with Gasteiger partial charge in [-0.25, -0.2) is 0 Å². The number of aliphatic hydroxyl groups excluding tert-OH is 1. The van der Waals surface area contributed by atoms with Crippen LogP contribution in [0.25, 0.3) is 0 Å². The second kappa shape index (κ2) is 10.3. The first-order valence-electron chi connectivity index (χ1n) is 10.0. The summed E-state index contributed by atoms with van der Waals surface area (Å²) < 4.78 is 7.89. The van der Waals surface area contributed by atoms with E-state index in [0.29, 0.717) is 0 Å². The number of pyridine rings is 1. The average molecular weight is 387 g/mol. The van der Waals surface area contributed by atoms with Crippen molar-refractivity contribution in [2.24, 2.45) is 0 Å². The van der Waals surface area contributed by atoms with Crippen LogP contribution in [0.4, 0.5) is 0 Å². The summed E-state index contributed by atoms with van der Waals surface area (Å²) in [5.41, 5.74) is 1.88. The average Bonchev–Trinajstić information content (AvgIpc) is 3.15. The maximum Gasteiger partial charge on any atom is 0.224 e. The van der Waals surface area contributed by atoms with Crippen molar-refractivity contribution < 1.29 is 14.6 Å². The first kappa shape index (κ1) is 20.4. The van der Waals surface area contributed by atoms with E-state index in [1.54, 1.807) is 12.4 Å². The number of amides is 1. The molecule has 8 nitrogen and oxygen atoms in total. The Morgan fingerprint density at radius 1 is 1.43 bits per heavy atom. The number of rotatable bonds is 9. The number of carbonyl (C=O) groups excluding carboxylic acids is 1. The normalized spacial score (nSPS) is 22.1. The van der Waals surface area contributed by atoms with E-state index in [2.05, 4.69) is 27.5 Å². The fraction of sp³-hybridized carbons (Fsp3) is 0.600. The highest BCUT2D eigenvalue weighted by molar-refractivity contribution is 5.78. The van der Waals surface area contributed by atoms with Gasteiger partial charge in [0.1, 0.15) is 6.10 Å². The SMILES string of the molecule is CCCc1cn(CC[C@@H]2CC[C@@H](NC(=O)Cc3cccnc3)[C@H](CO)O2)nn1. The molecule has 1 aliphatic heterocycles. The number of aliphatic hydroxyl groups is 1. The molecule has 2 aromatic rings. The highest BCUT2D eigenvalue weighted by Crippen LogP contribution is 2.22. The van der Waals surface area contributed by atoms with E-state index in [0.717, 1.165) is 49.9 Å². The summed E-state index contributed by atoms with van der Waals surface area (Å²) in [5, 5.41) is 21.0. The van der Waals surface area contributed by atoms with E-state index in [1.165, 1.54) is 0 Å². The van der Waals surface area contributed by atoms with Crippen molar-refractivity contribution in [1.29, 1.82) is 0 Å². The summed E-state index contributed by atoms with van der Waals surface area (Å²) in [6.45, 7) is 2.74. The lowest BCUT2D eigenvalue weighted by molar-refractivity contribution is -0.128. The van der Waals surface area contributed by atoms with Gasteiger partial charge in [-0.3, -0.25) is 14.5 Å². The van der Waals surface area contributed by atoms with Gasteiger partial charge in [-0.05, 0) is 37.3 Å². The number of ether oxygens (including phenoxy) is 1. The van der Waals surface area contributed by atoms with Crippen LogP contribution in [0.5, 0.6) is 0 Å². The van der Waals surface area contributed by atoms with Gasteiger partial charge in [0.15, 0.2) is 0 Å². The van der Waals surface area contributed by atoms with Crippen molar-refractivity contribution in [2.75, 3.05) is 6.61 Å². The van der Waals surface area contributed by atoms with Crippen LogP contribution in [-0.4, -0.2) is 55.8 Å². The Morgan fingerprint density at radius 2 is 2.32 bits per heavy atom. The van der Waals surface area contributed by atoms with Crippen LogP contribution in [0, 0.1) is 0 Å². The molecule has 0 spiro atoms. The molecule has 2 N–H and O–H groups in total. The van der Waals surface area contributed by atoms with E-state index < -0.39 is 0 Å². The molecule has 3 rings (SSSR count). The first-order chi connectivity index (χ1) is 13.7. The van der Waals surface area contributed by atoms with Gasteiger partial charge in [0.25, 0.3) is 0 Å². The molecule has 0 aromatic carbocycles. The van der Waals surface area contributed by atoms with Gasteiger partial charge in [0, 0.05) is 25.1 Å². The fourth-order valence-electron chi connectivity index (χ4n) is 3.55. The van der Waals surface area contributed by atoms with E-state index in [9.17, 15) is 9.90 Å². The van der Waals surface area contributed by atoms with Gasteiger partial charge >= 0.3 is 0 Å². The van der Waals surface area contributed by atoms with Crippen molar-refractivity contribution in [3.8, 4) is 0 Å². The summed E-state index contributed by atoms with van der Waals surface area (Å²) in [6, 6.07) is 3.51. The molecule has 3 atom stereocenters. The zero-order chi connectivity index (χ0) is 19.8. The fourth-order valence-corrected chi connectivity index (χ4v) is 3.55. The number of aromatic nitrogens is 4. The van der Waals surface area contributed by atoms with Crippen LogP contribution in [0.15, 0.2) is 30.7 Å². The summed E-state index contributed by atoms with van der Waals surface area (Å²) in [5.74, 6) is -0.0791. The van der Waals surface area contributed by atoms with Crippen LogP contribution < -0.4 is 5.32 Å². The molecule has 0 radical (unpaired) electrons. The topological polar surface area (TPSA) is 102 Å². The van der Waals surface area contributed by atoms with Crippen molar-refractivity contribution in [1.82, 2.24) is 25.3 Å². The number of nitrogens with one attached hydrogen (secondary N) is 1. The second-order valence-electron chi connectivity index (χ2n) is 7.28. The first-order valence-corrected chi connectivity index (χ1v) is 10.0. The Morgan fingerprint density at radius 3 is 3.07 bits per heavy atom. The molecule has 152 valence electrons. The summed E-state index contributed by atoms with van der Waals surface area (Å²) in [4.78, 5) is 16.3. The van der Waals surface area contributed by atoms with Gasteiger partial charge in [-0.1, -0.05) is 24.6 Å². The Hall–Kier alpha value is -2.32. The summed E-state index contributed by atoms with van der Waals surface area (Å²) in [6.07, 6.45) is 9.71. The van der Waals surface area contributed by atoms with Crippen LogP contribution in [0.2, 0.25) is 0 Å². The zero-order valence-electron chi connectivity index (χ0n) is 16.3. The highest BCUT2D eigenvalue weighted by atomic mass is 16.5. The predicted molar refractivity (Wildman–Crippen MR) is 103 cm³/mol. The maximum atomic E-state index is 12.3. The third kappa shape index (κ3) is 5.84. The Labute approximate surface area is 165 Å². The van der Waals surface area contributed by atoms with Crippen LogP contribution in [0.3, 0.4) is 0 Å². The van der Waals surface area contributed by atoms with Crippen LogP contribution >= 0.6 is 0 Å². The molecule has 0 unspecified atom stereocenters. The smallest absolute Gasteiger partial charge is 0.224 e. The molecule has 0 saturated carbocycles. The van der Waals surface area contributed by atoms with Crippen LogP contribution in [-0.2, 0) is 28.9 Å². The minimum Gasteiger partial charge on any atom is -0.394 e. The molecular formula is C20H29N5O3. The van der Waals surface area contributed by atoms with Crippen molar-refractivity contribution in [3.63, 3.8) is 0 Å². The molecular weight excluding hydrogens is 358 g/mol. The number of nitrogens with zero attached hydrogens (tertiary/aromatic N) is 4. The lowest BCUT2D eigenvalue weighted by atomic mass is 9.97. The minimum absolute atomic E-state index is 0.0439. The largest absolute Gasteiger partial charge is 0.394 e. The lowest BCUT2D eigenvalue weighted by Gasteiger charge is -2.36. The van der Waals surface area contributed by atoms with Crippen molar-refractivity contribution in [2.45, 2.75) is 70.2 Å². The Kier molecular flexibility index (Phi) is 7.50. The maximum absolute atomic E-state index is 12.3. The van der Waals surface area contributed by atoms with E-state index >= 15 is 0 Å². The lowest BCUT2D eigenvalue weighted by Crippen LogP contribution is -2.51.